The molecule has 0 radical (unpaired) electrons. The van der Waals surface area contributed by atoms with Gasteiger partial charge in [-0.1, -0.05) is 44.6 Å². The summed E-state index contributed by atoms with van der Waals surface area (Å²) in [5, 5.41) is 0. The molecule has 0 heteroatoms. The fraction of sp³-hybridized carbons (Fsp3) is 0.556. The number of hydrogen-bond donors (Lipinski definition) is 0. The van der Waals surface area contributed by atoms with Crippen LogP contribution in [0.4, 0.5) is 0 Å². The van der Waals surface area contributed by atoms with Gasteiger partial charge >= 0.3 is 0 Å². The van der Waals surface area contributed by atoms with Crippen molar-refractivity contribution < 1.29 is 0 Å². The molecule has 0 unspecified atom stereocenters. The highest BCUT2D eigenvalue weighted by Gasteiger charge is 1.82. The Morgan fingerprint density at radius 2 is 2.11 bits per heavy atom. The van der Waals surface area contributed by atoms with Gasteiger partial charge in [0.15, 0.2) is 0 Å². The maximum Gasteiger partial charge on any atom is -0.0287 e. The normalized spacial score (nSPS) is 10.4. The van der Waals surface area contributed by atoms with Crippen LogP contribution in [-0.2, 0) is 0 Å². The summed E-state index contributed by atoms with van der Waals surface area (Å²) in [5.41, 5.74) is 1.25. The van der Waals surface area contributed by atoms with Crippen LogP contribution in [0, 0.1) is 0 Å². The minimum absolute atomic E-state index is 1.11. The van der Waals surface area contributed by atoms with E-state index in [0.29, 0.717) is 0 Å². The molecule has 0 aromatic heterocycles. The number of rotatable bonds is 4. The zero-order valence-corrected chi connectivity index (χ0v) is 6.48. The van der Waals surface area contributed by atoms with Crippen molar-refractivity contribution in [3.8, 4) is 0 Å². The van der Waals surface area contributed by atoms with Crippen molar-refractivity contribution in [2.24, 2.45) is 0 Å². The van der Waals surface area contributed by atoms with Crippen LogP contribution in [0.15, 0.2) is 24.3 Å². The fourth-order valence-corrected chi connectivity index (χ4v) is 0.689. The minimum Gasteiger partial charge on any atom is -0.0958 e. The Hall–Kier alpha value is -0.520. The van der Waals surface area contributed by atoms with Crippen LogP contribution in [0.1, 0.15) is 33.1 Å². The van der Waals surface area contributed by atoms with Gasteiger partial charge in [-0.15, -0.1) is 0 Å². The van der Waals surface area contributed by atoms with Crippen LogP contribution in [0.5, 0.6) is 0 Å². The molecule has 0 heterocycles. The van der Waals surface area contributed by atoms with E-state index < -0.39 is 0 Å². The van der Waals surface area contributed by atoms with Gasteiger partial charge in [0.05, 0.1) is 0 Å². The smallest absolute Gasteiger partial charge is 0.0287 e. The van der Waals surface area contributed by atoms with Gasteiger partial charge in [-0.25, -0.2) is 0 Å². The summed E-state index contributed by atoms with van der Waals surface area (Å²) >= 11 is 0. The lowest BCUT2D eigenvalue weighted by Crippen LogP contribution is -1.72. The predicted octanol–water partition coefficient (Wildman–Crippen LogP) is 3.31. The second-order valence-electron chi connectivity index (χ2n) is 2.22. The SMILES string of the molecule is C=C(/C=C/CC)CCC. The molecule has 52 valence electrons. The summed E-state index contributed by atoms with van der Waals surface area (Å²) in [4.78, 5) is 0. The molecule has 0 aromatic carbocycles. The van der Waals surface area contributed by atoms with E-state index in [4.69, 9.17) is 0 Å². The molecular weight excluding hydrogens is 108 g/mol. The average molecular weight is 124 g/mol. The maximum atomic E-state index is 3.90. The van der Waals surface area contributed by atoms with Crippen molar-refractivity contribution in [1.29, 1.82) is 0 Å². The summed E-state index contributed by atoms with van der Waals surface area (Å²) in [5.74, 6) is 0. The van der Waals surface area contributed by atoms with Crippen LogP contribution in [0.2, 0.25) is 0 Å². The van der Waals surface area contributed by atoms with E-state index in [1.54, 1.807) is 0 Å². The second kappa shape index (κ2) is 5.61. The Labute approximate surface area is 58.3 Å². The lowest BCUT2D eigenvalue weighted by atomic mass is 10.1. The quantitative estimate of drug-likeness (QED) is 0.504. The van der Waals surface area contributed by atoms with Crippen molar-refractivity contribution >= 4 is 0 Å². The molecule has 0 amide bonds. The number of hydrogen-bond acceptors (Lipinski definition) is 0. The molecule has 0 fully saturated rings. The predicted molar refractivity (Wildman–Crippen MR) is 43.5 cm³/mol. The van der Waals surface area contributed by atoms with Crippen molar-refractivity contribution in [1.82, 2.24) is 0 Å². The first kappa shape index (κ1) is 8.48. The molecule has 0 saturated heterocycles. The highest BCUT2D eigenvalue weighted by Crippen LogP contribution is 2.02. The standard InChI is InChI=1S/C9H16/c1-4-6-8-9(3)7-5-2/h6,8H,3-5,7H2,1-2H3/b8-6+. The van der Waals surface area contributed by atoms with Crippen LogP contribution in [0.25, 0.3) is 0 Å². The average Bonchev–Trinajstić information content (AvgIpc) is 1.85. The van der Waals surface area contributed by atoms with Gasteiger partial charge in [0, 0.05) is 0 Å². The van der Waals surface area contributed by atoms with Gasteiger partial charge in [0.25, 0.3) is 0 Å². The van der Waals surface area contributed by atoms with Gasteiger partial charge in [-0.05, 0) is 12.8 Å². The Bertz CT molecular complexity index is 98.6. The van der Waals surface area contributed by atoms with Crippen LogP contribution in [0.3, 0.4) is 0 Å². The lowest BCUT2D eigenvalue weighted by Gasteiger charge is -1.92. The first-order valence-electron chi connectivity index (χ1n) is 3.65. The summed E-state index contributed by atoms with van der Waals surface area (Å²) < 4.78 is 0. The van der Waals surface area contributed by atoms with E-state index in [1.807, 2.05) is 0 Å². The van der Waals surface area contributed by atoms with E-state index in [0.717, 1.165) is 12.8 Å². The summed E-state index contributed by atoms with van der Waals surface area (Å²) in [7, 11) is 0. The minimum atomic E-state index is 1.11. The third kappa shape index (κ3) is 5.35. The molecule has 0 atom stereocenters. The van der Waals surface area contributed by atoms with Crippen molar-refractivity contribution in [3.63, 3.8) is 0 Å². The van der Waals surface area contributed by atoms with Crippen molar-refractivity contribution in [3.05, 3.63) is 24.3 Å². The first-order chi connectivity index (χ1) is 4.31. The molecule has 9 heavy (non-hydrogen) atoms. The third-order valence-electron chi connectivity index (χ3n) is 1.16. The Morgan fingerprint density at radius 3 is 2.56 bits per heavy atom. The highest BCUT2D eigenvalue weighted by molar-refractivity contribution is 5.13. The first-order valence-corrected chi connectivity index (χ1v) is 3.65. The van der Waals surface area contributed by atoms with Gasteiger partial charge in [-0.3, -0.25) is 0 Å². The Balaban J connectivity index is 3.37. The van der Waals surface area contributed by atoms with E-state index in [9.17, 15) is 0 Å². The van der Waals surface area contributed by atoms with E-state index in [2.05, 4.69) is 32.6 Å². The van der Waals surface area contributed by atoms with E-state index in [1.165, 1.54) is 12.0 Å². The van der Waals surface area contributed by atoms with Crippen molar-refractivity contribution in [2.45, 2.75) is 33.1 Å². The topological polar surface area (TPSA) is 0 Å². The molecule has 0 aliphatic rings. The molecule has 0 aliphatic heterocycles. The molecule has 0 bridgehead atoms. The molecule has 0 N–H and O–H groups in total. The fourth-order valence-electron chi connectivity index (χ4n) is 0.689. The second-order valence-corrected chi connectivity index (χ2v) is 2.22. The molecule has 0 nitrogen and oxygen atoms in total. The van der Waals surface area contributed by atoms with E-state index >= 15 is 0 Å². The largest absolute Gasteiger partial charge is 0.0958 e. The van der Waals surface area contributed by atoms with Crippen LogP contribution >= 0.6 is 0 Å². The van der Waals surface area contributed by atoms with Gasteiger partial charge < -0.3 is 0 Å². The van der Waals surface area contributed by atoms with Crippen molar-refractivity contribution in [2.75, 3.05) is 0 Å². The maximum absolute atomic E-state index is 3.90. The van der Waals surface area contributed by atoms with Crippen LogP contribution in [-0.4, -0.2) is 0 Å². The number of allylic oxidation sites excluding steroid dienone is 3. The third-order valence-corrected chi connectivity index (χ3v) is 1.16. The Morgan fingerprint density at radius 1 is 1.44 bits per heavy atom. The zero-order chi connectivity index (χ0) is 7.11. The molecule has 0 aliphatic carbocycles. The van der Waals surface area contributed by atoms with Gasteiger partial charge in [0.1, 0.15) is 0 Å². The van der Waals surface area contributed by atoms with Gasteiger partial charge in [0.2, 0.25) is 0 Å². The Kier molecular flexibility index (Phi) is 5.29. The molecule has 0 aromatic rings. The molecule has 0 rings (SSSR count). The monoisotopic (exact) mass is 124 g/mol. The highest BCUT2D eigenvalue weighted by atomic mass is 13.9. The van der Waals surface area contributed by atoms with Gasteiger partial charge in [-0.2, -0.15) is 0 Å². The van der Waals surface area contributed by atoms with Crippen LogP contribution < -0.4 is 0 Å². The molecule has 0 spiro atoms. The lowest BCUT2D eigenvalue weighted by molar-refractivity contribution is 0.928. The zero-order valence-electron chi connectivity index (χ0n) is 6.48. The molecule has 0 saturated carbocycles. The summed E-state index contributed by atoms with van der Waals surface area (Å²) in [6, 6.07) is 0. The van der Waals surface area contributed by atoms with E-state index in [-0.39, 0.29) is 0 Å². The summed E-state index contributed by atoms with van der Waals surface area (Å²) in [6.07, 6.45) is 7.72. The summed E-state index contributed by atoms with van der Waals surface area (Å²) in [6.45, 7) is 8.20. The molecular formula is C9H16.